The summed E-state index contributed by atoms with van der Waals surface area (Å²) in [5.41, 5.74) is 2.59. The van der Waals surface area contributed by atoms with Crippen molar-refractivity contribution in [1.82, 2.24) is 15.2 Å². The Morgan fingerprint density at radius 2 is 2.03 bits per heavy atom. The summed E-state index contributed by atoms with van der Waals surface area (Å²) in [6.07, 6.45) is 2.16. The average molecular weight is 436 g/mol. The van der Waals surface area contributed by atoms with Crippen LogP contribution in [0, 0.1) is 0 Å². The molecule has 4 rings (SSSR count). The van der Waals surface area contributed by atoms with Crippen LogP contribution in [-0.2, 0) is 11.2 Å². The van der Waals surface area contributed by atoms with Crippen LogP contribution in [0.1, 0.15) is 28.9 Å². The number of nitrogens with one attached hydrogen (secondary N) is 1. The number of thiazole rings is 1. The molecule has 1 saturated heterocycles. The fourth-order valence-corrected chi connectivity index (χ4v) is 4.63. The number of likely N-dealkylation sites (tertiary alicyclic amines) is 1. The minimum Gasteiger partial charge on any atom is -0.497 e. The van der Waals surface area contributed by atoms with Crippen LogP contribution in [0.4, 0.5) is 0 Å². The second-order valence-corrected chi connectivity index (χ2v) is 8.30. The third-order valence-corrected chi connectivity index (χ3v) is 6.33. The molecule has 1 aromatic heterocycles. The van der Waals surface area contributed by atoms with E-state index in [-0.39, 0.29) is 11.8 Å². The molecule has 160 valence electrons. The molecule has 1 aliphatic heterocycles. The molecule has 2 heterocycles. The second-order valence-electron chi connectivity index (χ2n) is 7.44. The lowest BCUT2D eigenvalue weighted by Crippen LogP contribution is -2.46. The van der Waals surface area contributed by atoms with E-state index >= 15 is 0 Å². The molecule has 2 aromatic carbocycles. The molecule has 0 unspecified atom stereocenters. The van der Waals surface area contributed by atoms with Gasteiger partial charge in [0.2, 0.25) is 5.91 Å². The number of ether oxygens (including phenoxy) is 1. The molecule has 2 amide bonds. The number of carbonyl (C=O) groups excluding carboxylic acids is 2. The van der Waals surface area contributed by atoms with Gasteiger partial charge in [0.05, 0.1) is 12.8 Å². The predicted octanol–water partition coefficient (Wildman–Crippen LogP) is 3.78. The molecule has 1 atom stereocenters. The van der Waals surface area contributed by atoms with Gasteiger partial charge in [-0.05, 0) is 31.0 Å². The first-order valence-electron chi connectivity index (χ1n) is 10.4. The van der Waals surface area contributed by atoms with Crippen LogP contribution in [0.15, 0.2) is 60.0 Å². The van der Waals surface area contributed by atoms with Gasteiger partial charge in [-0.1, -0.05) is 36.4 Å². The van der Waals surface area contributed by atoms with E-state index < -0.39 is 6.04 Å². The van der Waals surface area contributed by atoms with E-state index in [0.717, 1.165) is 22.7 Å². The molecule has 0 bridgehead atoms. The second kappa shape index (κ2) is 9.75. The standard InChI is InChI=1S/C24H25N3O3S/c1-30-20-10-5-9-18(15-20)24(29)27-14-6-11-21(27)22(28)25-13-12-19-16-31-23(26-19)17-7-3-2-4-8-17/h2-5,7-10,15-16,21H,6,11-14H2,1H3,(H,25,28)/t21-/m1/s1. The van der Waals surface area contributed by atoms with Crippen LogP contribution in [-0.4, -0.2) is 47.9 Å². The summed E-state index contributed by atoms with van der Waals surface area (Å²) in [5, 5.41) is 6.00. The fraction of sp³-hybridized carbons (Fsp3) is 0.292. The van der Waals surface area contributed by atoms with Crippen LogP contribution >= 0.6 is 11.3 Å². The number of methoxy groups -OCH3 is 1. The number of nitrogens with zero attached hydrogens (tertiary/aromatic N) is 2. The highest BCUT2D eigenvalue weighted by molar-refractivity contribution is 7.13. The molecule has 0 aliphatic carbocycles. The van der Waals surface area contributed by atoms with E-state index in [4.69, 9.17) is 4.74 Å². The fourth-order valence-electron chi connectivity index (χ4n) is 3.77. The number of aromatic nitrogens is 1. The topological polar surface area (TPSA) is 71.5 Å². The van der Waals surface area contributed by atoms with Crippen molar-refractivity contribution in [2.24, 2.45) is 0 Å². The third kappa shape index (κ3) is 4.94. The lowest BCUT2D eigenvalue weighted by atomic mass is 10.1. The number of hydrogen-bond donors (Lipinski definition) is 1. The van der Waals surface area contributed by atoms with Gasteiger partial charge in [-0.2, -0.15) is 0 Å². The Bertz CT molecular complexity index is 1050. The van der Waals surface area contributed by atoms with Crippen LogP contribution in [0.25, 0.3) is 10.6 Å². The van der Waals surface area contributed by atoms with E-state index in [1.54, 1.807) is 47.6 Å². The maximum absolute atomic E-state index is 12.9. The molecule has 0 saturated carbocycles. The van der Waals surface area contributed by atoms with Gasteiger partial charge in [-0.25, -0.2) is 4.98 Å². The molecule has 0 radical (unpaired) electrons. The van der Waals surface area contributed by atoms with Crippen molar-refractivity contribution in [2.45, 2.75) is 25.3 Å². The van der Waals surface area contributed by atoms with Crippen molar-refractivity contribution in [3.05, 3.63) is 71.2 Å². The Morgan fingerprint density at radius 3 is 2.84 bits per heavy atom. The van der Waals surface area contributed by atoms with Crippen LogP contribution in [0.3, 0.4) is 0 Å². The molecule has 1 fully saturated rings. The Hall–Kier alpha value is -3.19. The van der Waals surface area contributed by atoms with Crippen molar-refractivity contribution < 1.29 is 14.3 Å². The molecule has 0 spiro atoms. The normalized spacial score (nSPS) is 15.6. The Balaban J connectivity index is 1.33. The first-order valence-corrected chi connectivity index (χ1v) is 11.3. The molecule has 7 heteroatoms. The lowest BCUT2D eigenvalue weighted by molar-refractivity contribution is -0.124. The molecular weight excluding hydrogens is 410 g/mol. The van der Waals surface area contributed by atoms with Crippen molar-refractivity contribution in [3.63, 3.8) is 0 Å². The largest absolute Gasteiger partial charge is 0.497 e. The van der Waals surface area contributed by atoms with Gasteiger partial charge >= 0.3 is 0 Å². The Kier molecular flexibility index (Phi) is 6.62. The summed E-state index contributed by atoms with van der Waals surface area (Å²) in [6, 6.07) is 16.7. The quantitative estimate of drug-likeness (QED) is 0.613. The molecule has 31 heavy (non-hydrogen) atoms. The highest BCUT2D eigenvalue weighted by atomic mass is 32.1. The van der Waals surface area contributed by atoms with E-state index in [9.17, 15) is 9.59 Å². The van der Waals surface area contributed by atoms with E-state index in [2.05, 4.69) is 10.3 Å². The van der Waals surface area contributed by atoms with Gasteiger partial charge in [-0.3, -0.25) is 9.59 Å². The van der Waals surface area contributed by atoms with Crippen molar-refractivity contribution >= 4 is 23.2 Å². The van der Waals surface area contributed by atoms with Crippen molar-refractivity contribution in [3.8, 4) is 16.3 Å². The highest BCUT2D eigenvalue weighted by Gasteiger charge is 2.34. The number of rotatable bonds is 7. The summed E-state index contributed by atoms with van der Waals surface area (Å²) in [5.74, 6) is 0.389. The van der Waals surface area contributed by atoms with Gasteiger partial charge in [0.1, 0.15) is 16.8 Å². The number of benzene rings is 2. The third-order valence-electron chi connectivity index (χ3n) is 5.39. The summed E-state index contributed by atoms with van der Waals surface area (Å²) >= 11 is 1.60. The summed E-state index contributed by atoms with van der Waals surface area (Å²) in [6.45, 7) is 1.08. The first-order chi connectivity index (χ1) is 15.2. The minimum atomic E-state index is -0.436. The minimum absolute atomic E-state index is 0.104. The van der Waals surface area contributed by atoms with E-state index in [1.807, 2.05) is 35.7 Å². The van der Waals surface area contributed by atoms with E-state index in [1.165, 1.54) is 0 Å². The monoisotopic (exact) mass is 435 g/mol. The lowest BCUT2D eigenvalue weighted by Gasteiger charge is -2.24. The zero-order chi connectivity index (χ0) is 21.6. The summed E-state index contributed by atoms with van der Waals surface area (Å²) < 4.78 is 5.21. The zero-order valence-corrected chi connectivity index (χ0v) is 18.2. The molecule has 6 nitrogen and oxygen atoms in total. The maximum Gasteiger partial charge on any atom is 0.254 e. The van der Waals surface area contributed by atoms with Crippen LogP contribution in [0.5, 0.6) is 5.75 Å². The Labute approximate surface area is 185 Å². The molecule has 3 aromatic rings. The SMILES string of the molecule is COc1cccc(C(=O)N2CCC[C@@H]2C(=O)NCCc2csc(-c3ccccc3)n2)c1. The van der Waals surface area contributed by atoms with Gasteiger partial charge < -0.3 is 15.0 Å². The molecule has 1 N–H and O–H groups in total. The predicted molar refractivity (Wildman–Crippen MR) is 121 cm³/mol. The first kappa shape index (κ1) is 21.1. The number of hydrogen-bond acceptors (Lipinski definition) is 5. The maximum atomic E-state index is 12.9. The van der Waals surface area contributed by atoms with E-state index in [0.29, 0.717) is 37.2 Å². The summed E-state index contributed by atoms with van der Waals surface area (Å²) in [7, 11) is 1.57. The zero-order valence-electron chi connectivity index (χ0n) is 17.4. The van der Waals surface area contributed by atoms with Gasteiger partial charge in [0.15, 0.2) is 0 Å². The molecular formula is C24H25N3O3S. The number of amides is 2. The highest BCUT2D eigenvalue weighted by Crippen LogP contribution is 2.24. The van der Waals surface area contributed by atoms with Crippen LogP contribution < -0.4 is 10.1 Å². The summed E-state index contributed by atoms with van der Waals surface area (Å²) in [4.78, 5) is 32.1. The Morgan fingerprint density at radius 1 is 1.19 bits per heavy atom. The van der Waals surface area contributed by atoms with Gasteiger partial charge in [0, 0.05) is 36.0 Å². The molecule has 1 aliphatic rings. The number of carbonyl (C=O) groups is 2. The van der Waals surface area contributed by atoms with Gasteiger partial charge in [-0.15, -0.1) is 11.3 Å². The van der Waals surface area contributed by atoms with Gasteiger partial charge in [0.25, 0.3) is 5.91 Å². The van der Waals surface area contributed by atoms with Crippen molar-refractivity contribution in [2.75, 3.05) is 20.2 Å². The smallest absolute Gasteiger partial charge is 0.254 e. The van der Waals surface area contributed by atoms with Crippen molar-refractivity contribution in [1.29, 1.82) is 0 Å². The average Bonchev–Trinajstić information content (AvgIpc) is 3.49. The van der Waals surface area contributed by atoms with Crippen LogP contribution in [0.2, 0.25) is 0 Å².